The second kappa shape index (κ2) is 3.61. The van der Waals surface area contributed by atoms with Gasteiger partial charge in [-0.1, -0.05) is 0 Å². The standard InChI is InChI=1S/C10H17N3O/c1-7(2)14-10-5-12-13-6-8(3)11-4-9(10)13/h5,7-8,11H,4,6H2,1-3H3. The average molecular weight is 195 g/mol. The molecule has 1 N–H and O–H groups in total. The molecule has 4 heteroatoms. The predicted octanol–water partition coefficient (Wildman–Crippen LogP) is 1.16. The fourth-order valence-electron chi connectivity index (χ4n) is 1.68. The Labute approximate surface area is 84.3 Å². The van der Waals surface area contributed by atoms with Gasteiger partial charge in [-0.3, -0.25) is 4.68 Å². The van der Waals surface area contributed by atoms with E-state index in [9.17, 15) is 0 Å². The topological polar surface area (TPSA) is 39.1 Å². The molecule has 1 atom stereocenters. The maximum atomic E-state index is 5.66. The van der Waals surface area contributed by atoms with Gasteiger partial charge in [-0.25, -0.2) is 0 Å². The van der Waals surface area contributed by atoms with Crippen LogP contribution in [-0.4, -0.2) is 21.9 Å². The number of nitrogens with one attached hydrogen (secondary N) is 1. The summed E-state index contributed by atoms with van der Waals surface area (Å²) >= 11 is 0. The molecular weight excluding hydrogens is 178 g/mol. The second-order valence-electron chi connectivity index (χ2n) is 4.09. The predicted molar refractivity (Wildman–Crippen MR) is 54.3 cm³/mol. The third-order valence-corrected chi connectivity index (χ3v) is 2.34. The van der Waals surface area contributed by atoms with E-state index < -0.39 is 0 Å². The lowest BCUT2D eigenvalue weighted by Gasteiger charge is -2.22. The highest BCUT2D eigenvalue weighted by atomic mass is 16.5. The van der Waals surface area contributed by atoms with E-state index in [1.807, 2.05) is 24.7 Å². The molecule has 1 aromatic rings. The zero-order valence-electron chi connectivity index (χ0n) is 8.95. The summed E-state index contributed by atoms with van der Waals surface area (Å²) < 4.78 is 7.69. The van der Waals surface area contributed by atoms with Crippen molar-refractivity contribution in [2.75, 3.05) is 0 Å². The summed E-state index contributed by atoms with van der Waals surface area (Å²) in [6.45, 7) is 8.00. The minimum absolute atomic E-state index is 0.211. The monoisotopic (exact) mass is 195 g/mol. The number of ether oxygens (including phenoxy) is 1. The number of aromatic nitrogens is 2. The molecule has 0 radical (unpaired) electrons. The molecule has 0 fully saturated rings. The van der Waals surface area contributed by atoms with Gasteiger partial charge in [0.2, 0.25) is 0 Å². The van der Waals surface area contributed by atoms with Crippen LogP contribution in [0.5, 0.6) is 5.75 Å². The molecule has 14 heavy (non-hydrogen) atoms. The molecule has 0 bridgehead atoms. The third kappa shape index (κ3) is 1.75. The first-order valence-electron chi connectivity index (χ1n) is 5.11. The molecule has 78 valence electrons. The molecule has 2 rings (SSSR count). The maximum Gasteiger partial charge on any atom is 0.162 e. The van der Waals surface area contributed by atoms with Gasteiger partial charge in [0.15, 0.2) is 5.75 Å². The van der Waals surface area contributed by atoms with E-state index in [2.05, 4.69) is 17.3 Å². The van der Waals surface area contributed by atoms with Crippen LogP contribution in [0.1, 0.15) is 26.5 Å². The van der Waals surface area contributed by atoms with Crippen LogP contribution in [0, 0.1) is 0 Å². The lowest BCUT2D eigenvalue weighted by Crippen LogP contribution is -2.36. The summed E-state index contributed by atoms with van der Waals surface area (Å²) in [5, 5.41) is 7.71. The molecule has 0 amide bonds. The van der Waals surface area contributed by atoms with E-state index in [0.29, 0.717) is 6.04 Å². The Balaban J connectivity index is 2.20. The van der Waals surface area contributed by atoms with Crippen molar-refractivity contribution in [3.63, 3.8) is 0 Å². The van der Waals surface area contributed by atoms with E-state index in [-0.39, 0.29) is 6.10 Å². The molecule has 0 aromatic carbocycles. The Kier molecular flexibility index (Phi) is 2.46. The van der Waals surface area contributed by atoms with Crippen molar-refractivity contribution in [3.05, 3.63) is 11.9 Å². The molecule has 1 unspecified atom stereocenters. The van der Waals surface area contributed by atoms with Crippen LogP contribution in [0.4, 0.5) is 0 Å². The van der Waals surface area contributed by atoms with Crippen molar-refractivity contribution < 1.29 is 4.74 Å². The number of rotatable bonds is 2. The lowest BCUT2D eigenvalue weighted by atomic mass is 10.2. The van der Waals surface area contributed by atoms with Crippen molar-refractivity contribution in [2.24, 2.45) is 0 Å². The molecule has 0 spiro atoms. The highest BCUT2D eigenvalue weighted by Crippen LogP contribution is 2.21. The van der Waals surface area contributed by atoms with Crippen LogP contribution < -0.4 is 10.1 Å². The summed E-state index contributed by atoms with van der Waals surface area (Å²) in [5.74, 6) is 0.916. The van der Waals surface area contributed by atoms with Gasteiger partial charge < -0.3 is 10.1 Å². The number of hydrogen-bond donors (Lipinski definition) is 1. The van der Waals surface area contributed by atoms with Gasteiger partial charge in [0.05, 0.1) is 24.5 Å². The largest absolute Gasteiger partial charge is 0.487 e. The fraction of sp³-hybridized carbons (Fsp3) is 0.700. The minimum Gasteiger partial charge on any atom is -0.487 e. The summed E-state index contributed by atoms with van der Waals surface area (Å²) in [6, 6.07) is 0.495. The van der Waals surface area contributed by atoms with Gasteiger partial charge in [0.1, 0.15) is 0 Å². The normalized spacial score (nSPS) is 21.0. The van der Waals surface area contributed by atoms with Gasteiger partial charge in [-0.15, -0.1) is 0 Å². The van der Waals surface area contributed by atoms with Crippen LogP contribution in [0.25, 0.3) is 0 Å². The van der Waals surface area contributed by atoms with Crippen molar-refractivity contribution in [3.8, 4) is 5.75 Å². The highest BCUT2D eigenvalue weighted by molar-refractivity contribution is 5.26. The molecule has 2 heterocycles. The zero-order valence-corrected chi connectivity index (χ0v) is 8.95. The van der Waals surface area contributed by atoms with Crippen molar-refractivity contribution in [2.45, 2.75) is 46.0 Å². The summed E-state index contributed by atoms with van der Waals surface area (Å²) in [7, 11) is 0. The first-order chi connectivity index (χ1) is 6.66. The SMILES string of the molecule is CC1Cn2ncc(OC(C)C)c2CN1. The first-order valence-corrected chi connectivity index (χ1v) is 5.11. The van der Waals surface area contributed by atoms with Crippen LogP contribution >= 0.6 is 0 Å². The minimum atomic E-state index is 0.211. The van der Waals surface area contributed by atoms with Gasteiger partial charge in [-0.05, 0) is 20.8 Å². The molecule has 0 saturated heterocycles. The molecule has 1 aliphatic rings. The summed E-state index contributed by atoms with van der Waals surface area (Å²) in [6.07, 6.45) is 2.03. The fourth-order valence-corrected chi connectivity index (χ4v) is 1.68. The summed E-state index contributed by atoms with van der Waals surface area (Å²) in [4.78, 5) is 0. The van der Waals surface area contributed by atoms with Crippen molar-refractivity contribution >= 4 is 0 Å². The molecule has 1 aromatic heterocycles. The van der Waals surface area contributed by atoms with Gasteiger partial charge in [0.25, 0.3) is 0 Å². The lowest BCUT2D eigenvalue weighted by molar-refractivity contribution is 0.236. The van der Waals surface area contributed by atoms with Crippen molar-refractivity contribution in [1.29, 1.82) is 0 Å². The molecule has 0 saturated carbocycles. The van der Waals surface area contributed by atoms with E-state index >= 15 is 0 Å². The summed E-state index contributed by atoms with van der Waals surface area (Å²) in [5.41, 5.74) is 1.16. The Morgan fingerprint density at radius 2 is 2.43 bits per heavy atom. The van der Waals surface area contributed by atoms with Crippen LogP contribution in [0.15, 0.2) is 6.20 Å². The quantitative estimate of drug-likeness (QED) is 0.769. The Hall–Kier alpha value is -1.03. The maximum absolute atomic E-state index is 5.66. The van der Waals surface area contributed by atoms with Crippen LogP contribution in [0.3, 0.4) is 0 Å². The molecule has 0 aliphatic carbocycles. The smallest absolute Gasteiger partial charge is 0.162 e. The second-order valence-corrected chi connectivity index (χ2v) is 4.09. The highest BCUT2D eigenvalue weighted by Gasteiger charge is 2.19. The first kappa shape index (κ1) is 9.52. The number of fused-ring (bicyclic) bond motifs is 1. The van der Waals surface area contributed by atoms with E-state index in [1.54, 1.807) is 0 Å². The Morgan fingerprint density at radius 1 is 1.64 bits per heavy atom. The average Bonchev–Trinajstić information content (AvgIpc) is 2.47. The third-order valence-electron chi connectivity index (χ3n) is 2.34. The molecular formula is C10H17N3O. The van der Waals surface area contributed by atoms with E-state index in [1.165, 1.54) is 0 Å². The van der Waals surface area contributed by atoms with E-state index in [4.69, 9.17) is 4.74 Å². The number of hydrogen-bond acceptors (Lipinski definition) is 3. The van der Waals surface area contributed by atoms with E-state index in [0.717, 1.165) is 24.5 Å². The van der Waals surface area contributed by atoms with Crippen LogP contribution in [-0.2, 0) is 13.1 Å². The van der Waals surface area contributed by atoms with Crippen molar-refractivity contribution in [1.82, 2.24) is 15.1 Å². The van der Waals surface area contributed by atoms with Crippen LogP contribution in [0.2, 0.25) is 0 Å². The Bertz CT molecular complexity index is 319. The van der Waals surface area contributed by atoms with Gasteiger partial charge >= 0.3 is 0 Å². The van der Waals surface area contributed by atoms with Gasteiger partial charge in [0, 0.05) is 12.6 Å². The number of nitrogens with zero attached hydrogens (tertiary/aromatic N) is 2. The zero-order chi connectivity index (χ0) is 10.1. The van der Waals surface area contributed by atoms with Gasteiger partial charge in [-0.2, -0.15) is 5.10 Å². The molecule has 1 aliphatic heterocycles. The molecule has 4 nitrogen and oxygen atoms in total. The Morgan fingerprint density at radius 3 is 3.14 bits per heavy atom.